The Kier molecular flexibility index (Phi) is 8.59. The highest BCUT2D eigenvalue weighted by Crippen LogP contribution is 2.45. The van der Waals surface area contributed by atoms with Crippen molar-refractivity contribution in [1.29, 1.82) is 0 Å². The van der Waals surface area contributed by atoms with Gasteiger partial charge in [0.2, 0.25) is 5.91 Å². The normalized spacial score (nSPS) is 31.0. The van der Waals surface area contributed by atoms with E-state index in [1.807, 2.05) is 0 Å². The van der Waals surface area contributed by atoms with Crippen molar-refractivity contribution in [3.05, 3.63) is 0 Å². The number of hydrogen-bond acceptors (Lipinski definition) is 4. The predicted octanol–water partition coefficient (Wildman–Crippen LogP) is 1.40. The van der Waals surface area contributed by atoms with Crippen LogP contribution in [0, 0.1) is 11.3 Å². The van der Waals surface area contributed by atoms with Gasteiger partial charge in [0, 0.05) is 46.4 Å². The van der Waals surface area contributed by atoms with Gasteiger partial charge < -0.3 is 15.0 Å². The topological polar surface area (TPSA) is 44.8 Å². The Balaban J connectivity index is 0.00000132. The highest BCUT2D eigenvalue weighted by Gasteiger charge is 2.51. The van der Waals surface area contributed by atoms with Crippen molar-refractivity contribution in [2.24, 2.45) is 11.3 Å². The van der Waals surface area contributed by atoms with Crippen LogP contribution in [0.2, 0.25) is 0 Å². The number of piperazine rings is 1. The van der Waals surface area contributed by atoms with E-state index >= 15 is 0 Å². The molecule has 0 bridgehead atoms. The van der Waals surface area contributed by atoms with Crippen molar-refractivity contribution in [2.45, 2.75) is 25.7 Å². The molecule has 0 aromatic carbocycles. The second-order valence-electron chi connectivity index (χ2n) is 6.86. The number of halogens is 2. The summed E-state index contributed by atoms with van der Waals surface area (Å²) in [5.74, 6) is 1.01. The molecule has 2 atom stereocenters. The van der Waals surface area contributed by atoms with Gasteiger partial charge in [-0.2, -0.15) is 0 Å². The lowest BCUT2D eigenvalue weighted by Crippen LogP contribution is -2.56. The van der Waals surface area contributed by atoms with Crippen molar-refractivity contribution in [2.75, 3.05) is 59.5 Å². The third-order valence-electron chi connectivity index (χ3n) is 5.74. The van der Waals surface area contributed by atoms with Crippen LogP contribution in [0.25, 0.3) is 0 Å². The standard InChI is InChI=1S/C16H29N3O2.2ClH/c1-21-11-10-18-6-8-19(9-7-18)15(20)16-5-3-2-4-14(16)12-17-13-16;;/h14,17H,2-13H2,1H3;2*1H/t14-,16+;;/m0../s1. The quantitative estimate of drug-likeness (QED) is 0.815. The molecule has 3 aliphatic rings. The predicted molar refractivity (Wildman–Crippen MR) is 96.7 cm³/mol. The Morgan fingerprint density at radius 2 is 1.96 bits per heavy atom. The third kappa shape index (κ3) is 4.31. The molecule has 5 nitrogen and oxygen atoms in total. The Morgan fingerprint density at radius 1 is 1.22 bits per heavy atom. The van der Waals surface area contributed by atoms with Gasteiger partial charge in [-0.1, -0.05) is 12.8 Å². The van der Waals surface area contributed by atoms with Crippen LogP contribution < -0.4 is 5.32 Å². The van der Waals surface area contributed by atoms with Crippen molar-refractivity contribution in [3.8, 4) is 0 Å². The molecule has 1 amide bonds. The number of amides is 1. The fraction of sp³-hybridized carbons (Fsp3) is 0.938. The number of carbonyl (C=O) groups excluding carboxylic acids is 1. The van der Waals surface area contributed by atoms with Crippen LogP contribution in [-0.2, 0) is 9.53 Å². The molecule has 1 aliphatic carbocycles. The summed E-state index contributed by atoms with van der Waals surface area (Å²) in [5.41, 5.74) is -0.0764. The third-order valence-corrected chi connectivity index (χ3v) is 5.74. The zero-order valence-electron chi connectivity index (χ0n) is 14.1. The molecule has 23 heavy (non-hydrogen) atoms. The maximum Gasteiger partial charge on any atom is 0.230 e. The van der Waals surface area contributed by atoms with E-state index in [-0.39, 0.29) is 30.2 Å². The van der Waals surface area contributed by atoms with E-state index < -0.39 is 0 Å². The Morgan fingerprint density at radius 3 is 2.65 bits per heavy atom. The summed E-state index contributed by atoms with van der Waals surface area (Å²) in [6.07, 6.45) is 4.84. The van der Waals surface area contributed by atoms with E-state index in [2.05, 4.69) is 15.1 Å². The van der Waals surface area contributed by atoms with E-state index in [0.717, 1.165) is 58.8 Å². The fourth-order valence-electron chi connectivity index (χ4n) is 4.38. The molecule has 2 heterocycles. The molecular weight excluding hydrogens is 337 g/mol. The second kappa shape index (κ2) is 9.42. The number of nitrogens with zero attached hydrogens (tertiary/aromatic N) is 2. The maximum atomic E-state index is 13.1. The van der Waals surface area contributed by atoms with Gasteiger partial charge in [-0.3, -0.25) is 9.69 Å². The summed E-state index contributed by atoms with van der Waals surface area (Å²) in [7, 11) is 1.75. The molecule has 136 valence electrons. The van der Waals surface area contributed by atoms with Crippen LogP contribution in [0.4, 0.5) is 0 Å². The molecule has 7 heteroatoms. The van der Waals surface area contributed by atoms with Crippen LogP contribution in [0.3, 0.4) is 0 Å². The van der Waals surface area contributed by atoms with Crippen molar-refractivity contribution in [3.63, 3.8) is 0 Å². The van der Waals surface area contributed by atoms with E-state index in [0.29, 0.717) is 11.8 Å². The number of fused-ring (bicyclic) bond motifs is 1. The Labute approximate surface area is 152 Å². The van der Waals surface area contributed by atoms with Gasteiger partial charge in [-0.05, 0) is 25.3 Å². The van der Waals surface area contributed by atoms with Crippen LogP contribution in [0.5, 0.6) is 0 Å². The number of rotatable bonds is 4. The molecule has 0 aromatic heterocycles. The van der Waals surface area contributed by atoms with Crippen molar-refractivity contribution < 1.29 is 9.53 Å². The molecule has 1 N–H and O–H groups in total. The Hall–Kier alpha value is -0.0700. The lowest BCUT2D eigenvalue weighted by molar-refractivity contribution is -0.147. The van der Waals surface area contributed by atoms with Crippen LogP contribution in [-0.4, -0.2) is 75.2 Å². The monoisotopic (exact) mass is 367 g/mol. The molecular formula is C16H31Cl2N3O2. The van der Waals surface area contributed by atoms with Gasteiger partial charge in [-0.25, -0.2) is 0 Å². The van der Waals surface area contributed by atoms with Gasteiger partial charge in [0.15, 0.2) is 0 Å². The van der Waals surface area contributed by atoms with Gasteiger partial charge in [0.05, 0.1) is 12.0 Å². The van der Waals surface area contributed by atoms with Crippen LogP contribution >= 0.6 is 24.8 Å². The van der Waals surface area contributed by atoms with Gasteiger partial charge in [0.1, 0.15) is 0 Å². The Bertz CT molecular complexity index is 378. The summed E-state index contributed by atoms with van der Waals surface area (Å²) in [4.78, 5) is 17.7. The molecule has 0 spiro atoms. The first-order chi connectivity index (χ1) is 10.3. The number of hydrogen-bond donors (Lipinski definition) is 1. The number of nitrogens with one attached hydrogen (secondary N) is 1. The average Bonchev–Trinajstić information content (AvgIpc) is 2.98. The minimum atomic E-state index is -0.0764. The minimum Gasteiger partial charge on any atom is -0.383 e. The molecule has 2 saturated heterocycles. The lowest BCUT2D eigenvalue weighted by Gasteiger charge is -2.43. The minimum absolute atomic E-state index is 0. The maximum absolute atomic E-state index is 13.1. The van der Waals surface area contributed by atoms with Gasteiger partial charge in [-0.15, -0.1) is 24.8 Å². The largest absolute Gasteiger partial charge is 0.383 e. The number of methoxy groups -OCH3 is 1. The fourth-order valence-corrected chi connectivity index (χ4v) is 4.38. The van der Waals surface area contributed by atoms with E-state index in [1.165, 1.54) is 19.3 Å². The summed E-state index contributed by atoms with van der Waals surface area (Å²) in [6, 6.07) is 0. The first-order valence-corrected chi connectivity index (χ1v) is 8.48. The molecule has 3 rings (SSSR count). The number of ether oxygens (including phenoxy) is 1. The van der Waals surface area contributed by atoms with Crippen molar-refractivity contribution in [1.82, 2.24) is 15.1 Å². The molecule has 0 unspecified atom stereocenters. The SMILES string of the molecule is COCCN1CCN(C(=O)[C@@]23CCCC[C@H]2CNC3)CC1.Cl.Cl. The second-order valence-corrected chi connectivity index (χ2v) is 6.86. The zero-order valence-corrected chi connectivity index (χ0v) is 15.7. The molecule has 0 aromatic rings. The molecule has 0 radical (unpaired) electrons. The molecule has 3 fully saturated rings. The lowest BCUT2D eigenvalue weighted by atomic mass is 9.67. The first kappa shape index (κ1) is 21.0. The smallest absolute Gasteiger partial charge is 0.230 e. The van der Waals surface area contributed by atoms with E-state index in [4.69, 9.17) is 4.74 Å². The van der Waals surface area contributed by atoms with Crippen LogP contribution in [0.1, 0.15) is 25.7 Å². The molecule has 2 aliphatic heterocycles. The van der Waals surface area contributed by atoms with Crippen molar-refractivity contribution >= 4 is 30.7 Å². The average molecular weight is 368 g/mol. The summed E-state index contributed by atoms with van der Waals surface area (Å²) in [5, 5.41) is 3.49. The summed E-state index contributed by atoms with van der Waals surface area (Å²) >= 11 is 0. The summed E-state index contributed by atoms with van der Waals surface area (Å²) in [6.45, 7) is 7.46. The van der Waals surface area contributed by atoms with E-state index in [1.54, 1.807) is 7.11 Å². The van der Waals surface area contributed by atoms with E-state index in [9.17, 15) is 4.79 Å². The van der Waals surface area contributed by atoms with Crippen LogP contribution in [0.15, 0.2) is 0 Å². The summed E-state index contributed by atoms with van der Waals surface area (Å²) < 4.78 is 5.14. The zero-order chi connectivity index (χ0) is 14.7. The van der Waals surface area contributed by atoms with Gasteiger partial charge >= 0.3 is 0 Å². The number of carbonyl (C=O) groups is 1. The first-order valence-electron chi connectivity index (χ1n) is 8.48. The highest BCUT2D eigenvalue weighted by atomic mass is 35.5. The highest BCUT2D eigenvalue weighted by molar-refractivity contribution is 5.85. The molecule has 1 saturated carbocycles. The van der Waals surface area contributed by atoms with Gasteiger partial charge in [0.25, 0.3) is 0 Å².